The monoisotopic (exact) mass is 766 g/mol. The minimum atomic E-state index is 0.427. The second-order valence-electron chi connectivity index (χ2n) is 14.6. The van der Waals surface area contributed by atoms with Crippen LogP contribution in [-0.4, -0.2) is 19.5 Å². The van der Waals surface area contributed by atoms with Crippen LogP contribution < -0.4 is 0 Å². The molecule has 0 atom stereocenters. The van der Waals surface area contributed by atoms with Crippen molar-refractivity contribution in [1.82, 2.24) is 19.5 Å². The molecule has 0 radical (unpaired) electrons. The standard InChI is InChI=1S/C53H30N6O/c1-55-38-25-27-39(37(29-38)32-54)36-23-26-42-41-17-8-10-21-46(41)59(48(42)31-36)47-28-24-35(40-19-12-20-44-43-18-9-11-22-49(43)60-50(40)44)30-45(47)53-57-51(33-13-4-2-5-14-33)56-52(58-53)34-15-6-3-7-16-34/h2-31H. The van der Waals surface area contributed by atoms with Gasteiger partial charge in [0.1, 0.15) is 11.2 Å². The Balaban J connectivity index is 1.22. The molecule has 11 rings (SSSR count). The summed E-state index contributed by atoms with van der Waals surface area (Å²) in [6, 6.07) is 63.1. The highest BCUT2D eigenvalue weighted by Crippen LogP contribution is 2.42. The first-order valence-electron chi connectivity index (χ1n) is 19.5. The second kappa shape index (κ2) is 14.1. The van der Waals surface area contributed by atoms with E-state index >= 15 is 0 Å². The molecule has 0 spiro atoms. The van der Waals surface area contributed by atoms with Crippen molar-refractivity contribution in [3.8, 4) is 68.2 Å². The van der Waals surface area contributed by atoms with E-state index in [9.17, 15) is 5.26 Å². The molecule has 0 bridgehead atoms. The molecule has 8 aromatic carbocycles. The molecule has 0 aliphatic carbocycles. The highest BCUT2D eigenvalue weighted by molar-refractivity contribution is 6.12. The van der Waals surface area contributed by atoms with Crippen molar-refractivity contribution >= 4 is 49.4 Å². The molecule has 0 saturated carbocycles. The van der Waals surface area contributed by atoms with Crippen molar-refractivity contribution in [2.45, 2.75) is 0 Å². The molecule has 0 aliphatic rings. The molecule has 60 heavy (non-hydrogen) atoms. The smallest absolute Gasteiger partial charge is 0.188 e. The summed E-state index contributed by atoms with van der Waals surface area (Å²) in [6.45, 7) is 7.53. The minimum absolute atomic E-state index is 0.427. The van der Waals surface area contributed by atoms with Crippen LogP contribution in [-0.2, 0) is 0 Å². The third-order valence-electron chi connectivity index (χ3n) is 11.1. The molecule has 278 valence electrons. The third kappa shape index (κ3) is 5.69. The molecule has 7 nitrogen and oxygen atoms in total. The van der Waals surface area contributed by atoms with Gasteiger partial charge in [0.15, 0.2) is 23.2 Å². The number of hydrogen-bond acceptors (Lipinski definition) is 5. The summed E-state index contributed by atoms with van der Waals surface area (Å²) in [5.74, 6) is 1.64. The van der Waals surface area contributed by atoms with E-state index in [0.717, 1.165) is 88.4 Å². The van der Waals surface area contributed by atoms with Crippen LogP contribution in [0.5, 0.6) is 0 Å². The van der Waals surface area contributed by atoms with E-state index in [1.165, 1.54) is 0 Å². The predicted octanol–water partition coefficient (Wildman–Crippen LogP) is 13.6. The van der Waals surface area contributed by atoms with Gasteiger partial charge in [-0.05, 0) is 53.1 Å². The zero-order chi connectivity index (χ0) is 40.2. The molecule has 3 heterocycles. The maximum absolute atomic E-state index is 10.2. The van der Waals surface area contributed by atoms with Crippen LogP contribution in [0.3, 0.4) is 0 Å². The fraction of sp³-hybridized carbons (Fsp3) is 0. The van der Waals surface area contributed by atoms with E-state index in [2.05, 4.69) is 100 Å². The Morgan fingerprint density at radius 2 is 1.12 bits per heavy atom. The molecule has 0 fully saturated rings. The van der Waals surface area contributed by atoms with Crippen LogP contribution in [0.1, 0.15) is 5.56 Å². The van der Waals surface area contributed by atoms with Crippen molar-refractivity contribution in [3.63, 3.8) is 0 Å². The Labute approximate surface area is 344 Å². The molecule has 7 heteroatoms. The summed E-state index contributed by atoms with van der Waals surface area (Å²) >= 11 is 0. The number of nitriles is 1. The van der Waals surface area contributed by atoms with Crippen molar-refractivity contribution < 1.29 is 4.42 Å². The van der Waals surface area contributed by atoms with Gasteiger partial charge in [0.25, 0.3) is 0 Å². The van der Waals surface area contributed by atoms with Gasteiger partial charge in [-0.15, -0.1) is 0 Å². The third-order valence-corrected chi connectivity index (χ3v) is 11.1. The lowest BCUT2D eigenvalue weighted by molar-refractivity contribution is 0.670. The van der Waals surface area contributed by atoms with E-state index in [4.69, 9.17) is 25.9 Å². The van der Waals surface area contributed by atoms with E-state index in [1.807, 2.05) is 84.9 Å². The first-order valence-corrected chi connectivity index (χ1v) is 19.5. The molecule has 0 saturated heterocycles. The van der Waals surface area contributed by atoms with Crippen LogP contribution >= 0.6 is 0 Å². The molecule has 0 unspecified atom stereocenters. The minimum Gasteiger partial charge on any atom is -0.455 e. The van der Waals surface area contributed by atoms with E-state index in [-0.39, 0.29) is 0 Å². The Kier molecular flexibility index (Phi) is 8.11. The van der Waals surface area contributed by atoms with Crippen molar-refractivity contribution in [2.75, 3.05) is 0 Å². The van der Waals surface area contributed by atoms with Gasteiger partial charge in [0.2, 0.25) is 0 Å². The van der Waals surface area contributed by atoms with Crippen molar-refractivity contribution in [2.24, 2.45) is 0 Å². The van der Waals surface area contributed by atoms with Crippen LogP contribution in [0.25, 0.3) is 111 Å². The van der Waals surface area contributed by atoms with E-state index in [0.29, 0.717) is 28.7 Å². The molecule has 0 amide bonds. The lowest BCUT2D eigenvalue weighted by Crippen LogP contribution is -2.04. The van der Waals surface area contributed by atoms with Gasteiger partial charge in [-0.25, -0.2) is 19.8 Å². The lowest BCUT2D eigenvalue weighted by atomic mass is 9.98. The molecule has 0 aliphatic heterocycles. The van der Waals surface area contributed by atoms with Crippen LogP contribution in [0.2, 0.25) is 0 Å². The second-order valence-corrected chi connectivity index (χ2v) is 14.6. The number of furan rings is 1. The highest BCUT2D eigenvalue weighted by Gasteiger charge is 2.22. The first kappa shape index (κ1) is 34.6. The van der Waals surface area contributed by atoms with Gasteiger partial charge in [-0.2, -0.15) is 5.26 Å². The summed E-state index contributed by atoms with van der Waals surface area (Å²) in [5, 5.41) is 14.4. The zero-order valence-electron chi connectivity index (χ0n) is 31.9. The van der Waals surface area contributed by atoms with E-state index in [1.54, 1.807) is 12.1 Å². The fourth-order valence-electron chi connectivity index (χ4n) is 8.32. The van der Waals surface area contributed by atoms with Gasteiger partial charge >= 0.3 is 0 Å². The number of nitrogens with zero attached hydrogens (tertiary/aromatic N) is 6. The van der Waals surface area contributed by atoms with Crippen molar-refractivity contribution in [3.05, 3.63) is 199 Å². The normalized spacial score (nSPS) is 11.3. The topological polar surface area (TPSA) is 84.9 Å². The molecule has 0 N–H and O–H groups in total. The number of hydrogen-bond donors (Lipinski definition) is 0. The van der Waals surface area contributed by atoms with Gasteiger partial charge in [0.05, 0.1) is 29.4 Å². The Hall–Kier alpha value is -8.65. The van der Waals surface area contributed by atoms with Crippen LogP contribution in [0, 0.1) is 17.9 Å². The molecular formula is C53H30N6O. The number of para-hydroxylation sites is 3. The zero-order valence-corrected chi connectivity index (χ0v) is 31.9. The summed E-state index contributed by atoms with van der Waals surface area (Å²) in [4.78, 5) is 19.1. The maximum Gasteiger partial charge on any atom is 0.188 e. The lowest BCUT2D eigenvalue weighted by Gasteiger charge is -2.17. The number of aromatic nitrogens is 4. The molecule has 11 aromatic rings. The van der Waals surface area contributed by atoms with Gasteiger partial charge in [0, 0.05) is 49.4 Å². The molecular weight excluding hydrogens is 737 g/mol. The highest BCUT2D eigenvalue weighted by atomic mass is 16.3. The average molecular weight is 767 g/mol. The van der Waals surface area contributed by atoms with Crippen molar-refractivity contribution in [1.29, 1.82) is 5.26 Å². The fourth-order valence-corrected chi connectivity index (χ4v) is 8.32. The number of fused-ring (bicyclic) bond motifs is 6. The summed E-state index contributed by atoms with van der Waals surface area (Å²) < 4.78 is 8.82. The summed E-state index contributed by atoms with van der Waals surface area (Å²) in [7, 11) is 0. The Bertz CT molecular complexity index is 3520. The number of benzene rings is 8. The SMILES string of the molecule is [C-]#[N+]c1ccc(-c2ccc3c4ccccc4n(-c4ccc(-c5cccc6c5oc5ccccc56)cc4-c4nc(-c5ccccc5)nc(-c5ccccc5)n4)c3c2)c(C#N)c1. The quantitative estimate of drug-likeness (QED) is 0.157. The van der Waals surface area contributed by atoms with Gasteiger partial charge in [-0.3, -0.25) is 0 Å². The number of rotatable bonds is 6. The van der Waals surface area contributed by atoms with Gasteiger partial charge in [-0.1, -0.05) is 146 Å². The maximum atomic E-state index is 10.2. The Morgan fingerprint density at radius 3 is 1.87 bits per heavy atom. The summed E-state index contributed by atoms with van der Waals surface area (Å²) in [5.41, 5.74) is 11.4. The predicted molar refractivity (Wildman–Crippen MR) is 240 cm³/mol. The Morgan fingerprint density at radius 1 is 0.483 bits per heavy atom. The van der Waals surface area contributed by atoms with Gasteiger partial charge < -0.3 is 8.98 Å². The van der Waals surface area contributed by atoms with E-state index < -0.39 is 0 Å². The molecule has 3 aromatic heterocycles. The van der Waals surface area contributed by atoms with Crippen LogP contribution in [0.4, 0.5) is 5.69 Å². The first-order chi connectivity index (χ1) is 29.6. The summed E-state index contributed by atoms with van der Waals surface area (Å²) in [6.07, 6.45) is 0. The largest absolute Gasteiger partial charge is 0.455 e. The van der Waals surface area contributed by atoms with Crippen LogP contribution in [0.15, 0.2) is 186 Å². The average Bonchev–Trinajstić information content (AvgIpc) is 3.87.